The van der Waals surface area contributed by atoms with Gasteiger partial charge in [-0.25, -0.2) is 34.3 Å². The molecule has 6 aromatic heterocycles. The molecule has 2 aromatic carbocycles. The zero-order valence-corrected chi connectivity index (χ0v) is 39.1. The largest absolute Gasteiger partial charge is 0.481 e. The van der Waals surface area contributed by atoms with E-state index < -0.39 is 17.8 Å². The van der Waals surface area contributed by atoms with Crippen molar-refractivity contribution in [3.8, 4) is 57.4 Å². The van der Waals surface area contributed by atoms with Gasteiger partial charge in [0.2, 0.25) is 11.9 Å². The predicted octanol–water partition coefficient (Wildman–Crippen LogP) is 5.41. The van der Waals surface area contributed by atoms with Crippen molar-refractivity contribution in [1.82, 2.24) is 59.9 Å². The van der Waals surface area contributed by atoms with Crippen LogP contribution in [0.25, 0.3) is 50.1 Å². The van der Waals surface area contributed by atoms with E-state index in [1.165, 1.54) is 7.11 Å². The average molecular weight is 965 g/mol. The van der Waals surface area contributed by atoms with Gasteiger partial charge in [-0.15, -0.1) is 10.2 Å². The Bertz CT molecular complexity index is 3380. The van der Waals surface area contributed by atoms with Crippen molar-refractivity contribution in [2.45, 2.75) is 32.0 Å². The maximum atomic E-state index is 12.4. The molecule has 8 aromatic rings. The number of ether oxygens (including phenoxy) is 2. The highest BCUT2D eigenvalue weighted by atomic mass is 16.5. The summed E-state index contributed by atoms with van der Waals surface area (Å²) in [5.41, 5.74) is 13.9. The summed E-state index contributed by atoms with van der Waals surface area (Å²) in [6.45, 7) is 1.93. The fraction of sp³-hybridized carbons (Fsp3) is 0.240. The van der Waals surface area contributed by atoms with Crippen molar-refractivity contribution >= 4 is 29.6 Å². The number of carbonyl (C=O) groups is 2. The number of nitrogen functional groups attached to an aromatic ring is 1. The molecule has 22 nitrogen and oxygen atoms in total. The number of amides is 1. The number of carboxylic acids is 1. The number of aliphatic carboxylic acids is 1. The monoisotopic (exact) mass is 964 g/mol. The normalized spacial score (nSPS) is 13.5. The molecule has 72 heavy (non-hydrogen) atoms. The first-order chi connectivity index (χ1) is 35.1. The molecule has 1 aliphatic rings. The van der Waals surface area contributed by atoms with E-state index in [0.29, 0.717) is 90.9 Å². The molecule has 1 unspecified atom stereocenters. The second kappa shape index (κ2) is 21.9. The van der Waals surface area contributed by atoms with Crippen LogP contribution in [0.5, 0.6) is 0 Å². The van der Waals surface area contributed by atoms with Crippen LogP contribution in [0.15, 0.2) is 109 Å². The standard InChI is InChI=1S/C50H45N17O5/c1-71-30-47(68)60-50-58-40(33-9-3-7-31(19-33)23-51)22-42(59-50)44-29-66(64-62-44)26-36-11-5-13-38(54-36)45(72-2)15-17-53-24-32-8-4-10-34(20-32)39-21-41(57-49(52)56-39)43-28-67(63-61-43)27-37-12-6-14-46(55-37)65-18-16-35(25-65)48(69)70/h3-14,19-22,28-29,35,45H,15-18,25-27,30H2,1-2H3,(H3-,52,56,57,58,59,60,68,69,70)/p+1/t35-,45?/m0/s1. The lowest BCUT2D eigenvalue weighted by molar-refractivity contribution is -0.140. The number of carboxylic acid groups (broad SMARTS) is 1. The van der Waals surface area contributed by atoms with Crippen molar-refractivity contribution in [3.05, 3.63) is 143 Å². The van der Waals surface area contributed by atoms with Crippen LogP contribution in [-0.2, 0) is 32.2 Å². The summed E-state index contributed by atoms with van der Waals surface area (Å²) in [5.74, 6) is -0.770. The molecule has 1 fully saturated rings. The Labute approximate surface area is 412 Å². The van der Waals surface area contributed by atoms with Crippen LogP contribution >= 0.6 is 0 Å². The SMILES string of the molecule is COCC(=O)Nc1nc(-c2cccc(C#N)c2)cc(-c2cn(Cc3cccc(C(CC[N+]#Cc4cccc(-c5cc(-c6cn(Cc7cccc(N8CC[C@H](C(=O)O)C8)n7)nn6)nc(N)n5)c4)OC)n3)nn2)n1. The predicted molar refractivity (Wildman–Crippen MR) is 263 cm³/mol. The number of rotatable bonds is 17. The van der Waals surface area contributed by atoms with E-state index in [2.05, 4.69) is 62.9 Å². The molecule has 1 aliphatic heterocycles. The summed E-state index contributed by atoms with van der Waals surface area (Å²) < 4.78 is 14.1. The van der Waals surface area contributed by atoms with Gasteiger partial charge in [0.05, 0.1) is 89.3 Å². The molecule has 22 heteroatoms. The highest BCUT2D eigenvalue weighted by Gasteiger charge is 2.29. The number of anilines is 3. The minimum absolute atomic E-state index is 0.0481. The van der Waals surface area contributed by atoms with Crippen molar-refractivity contribution in [1.29, 1.82) is 5.26 Å². The minimum Gasteiger partial charge on any atom is -0.481 e. The first-order valence-corrected chi connectivity index (χ1v) is 22.7. The topological polar surface area (TPSA) is 281 Å². The van der Waals surface area contributed by atoms with E-state index in [1.54, 1.807) is 59.2 Å². The maximum absolute atomic E-state index is 12.4. The number of hydrogen-bond acceptors (Lipinski definition) is 17. The van der Waals surface area contributed by atoms with E-state index in [4.69, 9.17) is 25.2 Å². The number of nitrogens with two attached hydrogens (primary N) is 1. The van der Waals surface area contributed by atoms with Crippen LogP contribution in [-0.4, -0.2) is 117 Å². The van der Waals surface area contributed by atoms with E-state index in [0.717, 1.165) is 34.0 Å². The Balaban J connectivity index is 0.830. The summed E-state index contributed by atoms with van der Waals surface area (Å²) >= 11 is 0. The molecule has 0 radical (unpaired) electrons. The summed E-state index contributed by atoms with van der Waals surface area (Å²) in [7, 11) is 3.05. The van der Waals surface area contributed by atoms with Gasteiger partial charge in [-0.1, -0.05) is 51.7 Å². The van der Waals surface area contributed by atoms with E-state index in [-0.39, 0.29) is 24.6 Å². The molecule has 0 saturated carbocycles. The van der Waals surface area contributed by atoms with Crippen LogP contribution < -0.4 is 16.0 Å². The summed E-state index contributed by atoms with van der Waals surface area (Å²) in [6, 6.07) is 34.7. The molecule has 7 heterocycles. The zero-order valence-electron chi connectivity index (χ0n) is 39.1. The fourth-order valence-electron chi connectivity index (χ4n) is 8.02. The van der Waals surface area contributed by atoms with Gasteiger partial charge in [-0.05, 0) is 67.1 Å². The maximum Gasteiger partial charge on any atom is 0.311 e. The number of nitrogens with zero attached hydrogens (tertiary/aromatic N) is 15. The molecule has 0 spiro atoms. The molecule has 9 rings (SSSR count). The highest BCUT2D eigenvalue weighted by molar-refractivity contribution is 5.90. The van der Waals surface area contributed by atoms with Gasteiger partial charge < -0.3 is 25.2 Å². The number of aromatic nitrogens is 12. The van der Waals surface area contributed by atoms with Crippen molar-refractivity contribution in [3.63, 3.8) is 0 Å². The van der Waals surface area contributed by atoms with Crippen LogP contribution in [0.4, 0.5) is 17.7 Å². The Hall–Kier alpha value is -9.38. The second-order valence-corrected chi connectivity index (χ2v) is 16.6. The van der Waals surface area contributed by atoms with Gasteiger partial charge in [0.1, 0.15) is 35.5 Å². The van der Waals surface area contributed by atoms with E-state index in [1.807, 2.05) is 71.6 Å². The number of carbonyl (C=O) groups excluding carboxylic acids is 1. The molecular weight excluding hydrogens is 919 g/mol. The molecular formula is C50H46N17O5+. The average Bonchev–Trinajstić information content (AvgIpc) is 4.20. The van der Waals surface area contributed by atoms with Gasteiger partial charge in [0, 0.05) is 38.4 Å². The summed E-state index contributed by atoms with van der Waals surface area (Å²) in [6.07, 6.45) is 4.25. The highest BCUT2D eigenvalue weighted by Crippen LogP contribution is 2.28. The van der Waals surface area contributed by atoms with Gasteiger partial charge >= 0.3 is 12.0 Å². The number of nitrogens with one attached hydrogen (secondary N) is 1. The number of benzene rings is 2. The lowest BCUT2D eigenvalue weighted by Gasteiger charge is -2.17. The van der Waals surface area contributed by atoms with Gasteiger partial charge in [-0.2, -0.15) is 5.26 Å². The molecule has 360 valence electrons. The first kappa shape index (κ1) is 47.7. The summed E-state index contributed by atoms with van der Waals surface area (Å²) in [5, 5.41) is 38.9. The lowest BCUT2D eigenvalue weighted by Crippen LogP contribution is -2.23. The Kier molecular flexibility index (Phi) is 14.5. The zero-order chi connectivity index (χ0) is 50.0. The summed E-state index contributed by atoms with van der Waals surface area (Å²) in [4.78, 5) is 58.0. The quantitative estimate of drug-likeness (QED) is 0.103. The Morgan fingerprint density at radius 3 is 2.10 bits per heavy atom. The van der Waals surface area contributed by atoms with Gasteiger partial charge in [0.15, 0.2) is 0 Å². The van der Waals surface area contributed by atoms with Crippen molar-refractivity contribution in [2.75, 3.05) is 56.4 Å². The number of pyridine rings is 2. The molecule has 2 atom stereocenters. The fourth-order valence-corrected chi connectivity index (χ4v) is 8.02. The van der Waals surface area contributed by atoms with E-state index >= 15 is 0 Å². The molecule has 4 N–H and O–H groups in total. The van der Waals surface area contributed by atoms with E-state index in [9.17, 15) is 20.0 Å². The molecule has 0 bridgehead atoms. The minimum atomic E-state index is -0.790. The number of nitriles is 1. The van der Waals surface area contributed by atoms with Crippen LogP contribution in [0.3, 0.4) is 0 Å². The van der Waals surface area contributed by atoms with Crippen molar-refractivity contribution in [2.24, 2.45) is 5.92 Å². The van der Waals surface area contributed by atoms with Gasteiger partial charge in [-0.3, -0.25) is 19.9 Å². The van der Waals surface area contributed by atoms with Gasteiger partial charge in [0.25, 0.3) is 12.5 Å². The smallest absolute Gasteiger partial charge is 0.311 e. The Morgan fingerprint density at radius 2 is 1.42 bits per heavy atom. The number of methoxy groups -OCH3 is 2. The van der Waals surface area contributed by atoms with Crippen molar-refractivity contribution < 1.29 is 24.2 Å². The molecule has 1 amide bonds. The number of hydrogen-bond donors (Lipinski definition) is 3. The third kappa shape index (κ3) is 11.7. The Morgan fingerprint density at radius 1 is 0.792 bits per heavy atom. The van der Waals surface area contributed by atoms with Crippen LogP contribution in [0.2, 0.25) is 0 Å². The third-order valence-electron chi connectivity index (χ3n) is 11.5. The van der Waals surface area contributed by atoms with Crippen LogP contribution in [0.1, 0.15) is 47.2 Å². The molecule has 1 saturated heterocycles. The first-order valence-electron chi connectivity index (χ1n) is 22.7. The second-order valence-electron chi connectivity index (χ2n) is 16.6. The third-order valence-corrected chi connectivity index (χ3v) is 11.5. The lowest BCUT2D eigenvalue weighted by atomic mass is 10.1. The van der Waals surface area contributed by atoms with Crippen LogP contribution in [0, 0.1) is 23.3 Å². The molecule has 0 aliphatic carbocycles.